The standard InChI is InChI=1S/C24H28N6O6S/c1-14-15-10-24(14,11-15)28-19(31)13-30-9-5-7-17(23(30)35)27-21(33)16(6-3-4-8-20(32)36-2)26-22(34)18-12-25-37-29-18/h4-5,7-9,12,14-16H,3,6,10-11,13H2,1-2H3,(H,26,34)(H,27,33)(H,28,31)/b8-4+/t14-,15?,16-,24?/m0/s1. The molecule has 3 fully saturated rings. The number of aromatic nitrogens is 3. The minimum atomic E-state index is -1.04. The van der Waals surface area contributed by atoms with Crippen molar-refractivity contribution in [3.63, 3.8) is 0 Å². The molecule has 2 bridgehead atoms. The Morgan fingerprint density at radius 1 is 1.32 bits per heavy atom. The lowest BCUT2D eigenvalue weighted by atomic mass is 9.43. The van der Waals surface area contributed by atoms with Crippen molar-refractivity contribution in [2.24, 2.45) is 11.8 Å². The summed E-state index contributed by atoms with van der Waals surface area (Å²) in [7, 11) is 1.25. The van der Waals surface area contributed by atoms with Crippen molar-refractivity contribution in [3.8, 4) is 0 Å². The number of carbonyl (C=O) groups excluding carboxylic acids is 4. The summed E-state index contributed by atoms with van der Waals surface area (Å²) in [6.45, 7) is 1.95. The second kappa shape index (κ2) is 11.0. The van der Waals surface area contributed by atoms with Gasteiger partial charge in [0, 0.05) is 17.8 Å². The highest BCUT2D eigenvalue weighted by Crippen LogP contribution is 2.61. The highest BCUT2D eigenvalue weighted by molar-refractivity contribution is 6.99. The lowest BCUT2D eigenvalue weighted by Crippen LogP contribution is -2.74. The van der Waals surface area contributed by atoms with Gasteiger partial charge in [0.15, 0.2) is 5.69 Å². The second-order valence-corrected chi connectivity index (χ2v) is 9.88. The van der Waals surface area contributed by atoms with E-state index in [1.807, 2.05) is 0 Å². The predicted octanol–water partition coefficient (Wildman–Crippen LogP) is 0.861. The highest BCUT2D eigenvalue weighted by atomic mass is 32.1. The molecule has 13 heteroatoms. The molecule has 0 saturated heterocycles. The van der Waals surface area contributed by atoms with E-state index in [2.05, 4.69) is 36.4 Å². The van der Waals surface area contributed by atoms with Crippen LogP contribution in [0.15, 0.2) is 41.5 Å². The Kier molecular flexibility index (Phi) is 7.81. The molecule has 0 aliphatic heterocycles. The fourth-order valence-corrected chi connectivity index (χ4v) is 5.08. The number of ether oxygens (including phenoxy) is 1. The first kappa shape index (κ1) is 26.2. The number of rotatable bonds is 11. The molecular formula is C24H28N6O6S. The van der Waals surface area contributed by atoms with E-state index >= 15 is 0 Å². The molecule has 5 rings (SSSR count). The Morgan fingerprint density at radius 3 is 2.73 bits per heavy atom. The van der Waals surface area contributed by atoms with Crippen molar-refractivity contribution < 1.29 is 23.9 Å². The van der Waals surface area contributed by atoms with Gasteiger partial charge in [0.25, 0.3) is 11.5 Å². The van der Waals surface area contributed by atoms with E-state index in [1.54, 1.807) is 6.07 Å². The Balaban J connectivity index is 1.41. The molecule has 0 radical (unpaired) electrons. The Hall–Kier alpha value is -3.87. The van der Waals surface area contributed by atoms with Gasteiger partial charge in [0.05, 0.1) is 25.0 Å². The van der Waals surface area contributed by atoms with Gasteiger partial charge in [0.2, 0.25) is 11.8 Å². The molecule has 3 aliphatic rings. The van der Waals surface area contributed by atoms with Gasteiger partial charge in [-0.15, -0.1) is 0 Å². The molecular weight excluding hydrogens is 500 g/mol. The summed E-state index contributed by atoms with van der Waals surface area (Å²) in [5.41, 5.74) is -0.661. The third kappa shape index (κ3) is 5.77. The zero-order chi connectivity index (χ0) is 26.6. The number of nitrogens with zero attached hydrogens (tertiary/aromatic N) is 3. The molecule has 3 saturated carbocycles. The van der Waals surface area contributed by atoms with Crippen molar-refractivity contribution >= 4 is 41.1 Å². The van der Waals surface area contributed by atoms with E-state index in [1.165, 1.54) is 42.3 Å². The van der Waals surface area contributed by atoms with Crippen LogP contribution in [0.1, 0.15) is 43.1 Å². The number of anilines is 1. The lowest BCUT2D eigenvalue weighted by molar-refractivity contribution is -0.151. The van der Waals surface area contributed by atoms with Gasteiger partial charge in [-0.2, -0.15) is 8.75 Å². The SMILES string of the molecule is COC(=O)/C=C/CC[C@H](NC(=O)c1cnsn1)C(=O)Nc1cccn(CC(=O)NC23CC(C2)[C@@H]3C)c1=O. The molecule has 3 N–H and O–H groups in total. The number of hydrogen-bond donors (Lipinski definition) is 3. The van der Waals surface area contributed by atoms with Gasteiger partial charge >= 0.3 is 5.97 Å². The number of nitrogens with one attached hydrogen (secondary N) is 3. The molecule has 0 aromatic carbocycles. The van der Waals surface area contributed by atoms with Crippen LogP contribution >= 0.6 is 11.7 Å². The summed E-state index contributed by atoms with van der Waals surface area (Å²) in [5, 5.41) is 8.19. The van der Waals surface area contributed by atoms with Crippen LogP contribution in [0.2, 0.25) is 0 Å². The van der Waals surface area contributed by atoms with Crippen molar-refractivity contribution in [2.45, 2.75) is 50.7 Å². The van der Waals surface area contributed by atoms with Crippen LogP contribution in [0.3, 0.4) is 0 Å². The molecule has 2 aromatic heterocycles. The van der Waals surface area contributed by atoms with Crippen molar-refractivity contribution in [1.82, 2.24) is 23.9 Å². The van der Waals surface area contributed by atoms with E-state index < -0.39 is 29.4 Å². The molecule has 2 atom stereocenters. The summed E-state index contributed by atoms with van der Waals surface area (Å²) in [6, 6.07) is 1.94. The fourth-order valence-electron chi connectivity index (χ4n) is 4.67. The normalized spacial score (nSPS) is 22.3. The monoisotopic (exact) mass is 528 g/mol. The van der Waals surface area contributed by atoms with E-state index in [0.717, 1.165) is 24.6 Å². The zero-order valence-corrected chi connectivity index (χ0v) is 21.2. The van der Waals surface area contributed by atoms with E-state index in [9.17, 15) is 24.0 Å². The summed E-state index contributed by atoms with van der Waals surface area (Å²) in [6.07, 6.45) is 7.85. The smallest absolute Gasteiger partial charge is 0.330 e. The maximum atomic E-state index is 13.1. The van der Waals surface area contributed by atoms with Gasteiger partial charge in [0.1, 0.15) is 18.3 Å². The summed E-state index contributed by atoms with van der Waals surface area (Å²) >= 11 is 0.852. The number of pyridine rings is 1. The van der Waals surface area contributed by atoms with Gasteiger partial charge in [-0.05, 0) is 49.7 Å². The molecule has 3 aliphatic carbocycles. The van der Waals surface area contributed by atoms with Crippen LogP contribution in [0.5, 0.6) is 0 Å². The first-order valence-corrected chi connectivity index (χ1v) is 12.6. The third-order valence-corrected chi connectivity index (χ3v) is 7.58. The van der Waals surface area contributed by atoms with Crippen LogP contribution in [-0.4, -0.2) is 55.7 Å². The highest BCUT2D eigenvalue weighted by Gasteiger charge is 2.63. The van der Waals surface area contributed by atoms with Crippen LogP contribution in [-0.2, 0) is 25.7 Å². The van der Waals surface area contributed by atoms with Crippen LogP contribution in [0.4, 0.5) is 5.69 Å². The van der Waals surface area contributed by atoms with Crippen LogP contribution in [0, 0.1) is 11.8 Å². The maximum absolute atomic E-state index is 13.1. The summed E-state index contributed by atoms with van der Waals surface area (Å²) in [4.78, 5) is 62.4. The molecule has 0 unspecified atom stereocenters. The van der Waals surface area contributed by atoms with E-state index in [4.69, 9.17) is 0 Å². The number of esters is 1. The Morgan fingerprint density at radius 2 is 2.11 bits per heavy atom. The molecule has 12 nitrogen and oxygen atoms in total. The van der Waals surface area contributed by atoms with Gasteiger partial charge < -0.3 is 25.3 Å². The summed E-state index contributed by atoms with van der Waals surface area (Å²) in [5.74, 6) is -0.905. The molecule has 3 amide bonds. The third-order valence-electron chi connectivity index (χ3n) is 7.10. The molecule has 2 heterocycles. The van der Waals surface area contributed by atoms with Crippen molar-refractivity contribution in [2.75, 3.05) is 12.4 Å². The fraction of sp³-hybridized carbons (Fsp3) is 0.458. The molecule has 37 heavy (non-hydrogen) atoms. The van der Waals surface area contributed by atoms with Crippen molar-refractivity contribution in [3.05, 3.63) is 52.7 Å². The van der Waals surface area contributed by atoms with Crippen molar-refractivity contribution in [1.29, 1.82) is 0 Å². The number of amides is 3. The zero-order valence-electron chi connectivity index (χ0n) is 20.4. The molecule has 2 aromatic rings. The Bertz CT molecular complexity index is 1270. The number of hydrogen-bond acceptors (Lipinski definition) is 9. The number of allylic oxidation sites excluding steroid dienone is 1. The predicted molar refractivity (Wildman–Crippen MR) is 134 cm³/mol. The maximum Gasteiger partial charge on any atom is 0.330 e. The molecule has 196 valence electrons. The quantitative estimate of drug-likeness (QED) is 0.286. The van der Waals surface area contributed by atoms with Crippen LogP contribution < -0.4 is 21.5 Å². The van der Waals surface area contributed by atoms with Gasteiger partial charge in [-0.3, -0.25) is 19.2 Å². The number of methoxy groups -OCH3 is 1. The lowest BCUT2D eigenvalue weighted by Gasteiger charge is -2.67. The minimum absolute atomic E-state index is 0.0288. The topological polar surface area (TPSA) is 161 Å². The summed E-state index contributed by atoms with van der Waals surface area (Å²) < 4.78 is 13.4. The van der Waals surface area contributed by atoms with Gasteiger partial charge in [-0.25, -0.2) is 4.79 Å². The average Bonchev–Trinajstić information content (AvgIpc) is 3.41. The molecule has 0 spiro atoms. The minimum Gasteiger partial charge on any atom is -0.466 e. The first-order chi connectivity index (χ1) is 17.7. The van der Waals surface area contributed by atoms with Gasteiger partial charge in [-0.1, -0.05) is 13.0 Å². The van der Waals surface area contributed by atoms with Crippen LogP contribution in [0.25, 0.3) is 0 Å². The second-order valence-electron chi connectivity index (χ2n) is 9.33. The first-order valence-electron chi connectivity index (χ1n) is 11.9. The number of carbonyl (C=O) groups is 4. The average molecular weight is 529 g/mol. The van der Waals surface area contributed by atoms with E-state index in [-0.39, 0.29) is 42.2 Å². The van der Waals surface area contributed by atoms with E-state index in [0.29, 0.717) is 11.8 Å². The Labute approximate surface area is 216 Å². The largest absolute Gasteiger partial charge is 0.466 e.